The van der Waals surface area contributed by atoms with E-state index >= 15 is 0 Å². The summed E-state index contributed by atoms with van der Waals surface area (Å²) in [5.41, 5.74) is -0.513. The van der Waals surface area contributed by atoms with Crippen LogP contribution in [0.3, 0.4) is 0 Å². The number of halogens is 4. The number of hydrogen-bond acceptors (Lipinski definition) is 4. The maximum atomic E-state index is 14.6. The van der Waals surface area contributed by atoms with Crippen LogP contribution in [0.25, 0.3) is 0 Å². The lowest BCUT2D eigenvalue weighted by Gasteiger charge is -2.29. The van der Waals surface area contributed by atoms with Crippen molar-refractivity contribution in [3.63, 3.8) is 0 Å². The van der Waals surface area contributed by atoms with Gasteiger partial charge in [0.15, 0.2) is 6.29 Å². The molecule has 33 heavy (non-hydrogen) atoms. The van der Waals surface area contributed by atoms with Gasteiger partial charge in [0.1, 0.15) is 29.5 Å². The van der Waals surface area contributed by atoms with E-state index in [1.807, 2.05) is 12.1 Å². The molecule has 2 atom stereocenters. The second-order valence-corrected chi connectivity index (χ2v) is 7.96. The fourth-order valence-corrected chi connectivity index (χ4v) is 3.73. The third-order valence-corrected chi connectivity index (χ3v) is 5.55. The van der Waals surface area contributed by atoms with Gasteiger partial charge < -0.3 is 18.9 Å². The Bertz CT molecular complexity index is 875. The van der Waals surface area contributed by atoms with Gasteiger partial charge in [-0.15, -0.1) is 0 Å². The zero-order valence-corrected chi connectivity index (χ0v) is 18.9. The van der Waals surface area contributed by atoms with Gasteiger partial charge in [-0.3, -0.25) is 0 Å². The third-order valence-electron chi connectivity index (χ3n) is 5.55. The van der Waals surface area contributed by atoms with Crippen LogP contribution in [0.5, 0.6) is 11.5 Å². The maximum absolute atomic E-state index is 14.6. The molecule has 0 amide bonds. The number of unbranched alkanes of at least 4 members (excludes halogenated alkanes) is 1. The Labute approximate surface area is 191 Å². The number of benzene rings is 2. The summed E-state index contributed by atoms with van der Waals surface area (Å²) >= 11 is 0. The average Bonchev–Trinajstić information content (AvgIpc) is 2.79. The number of ether oxygens (including phenoxy) is 4. The van der Waals surface area contributed by atoms with E-state index in [-0.39, 0.29) is 31.0 Å². The van der Waals surface area contributed by atoms with E-state index in [0.29, 0.717) is 19.0 Å². The van der Waals surface area contributed by atoms with Crippen molar-refractivity contribution >= 4 is 0 Å². The topological polar surface area (TPSA) is 36.9 Å². The zero-order valence-electron chi connectivity index (χ0n) is 18.9. The predicted molar refractivity (Wildman–Crippen MR) is 116 cm³/mol. The van der Waals surface area contributed by atoms with Gasteiger partial charge in [-0.25, -0.2) is 4.39 Å². The van der Waals surface area contributed by atoms with E-state index in [0.717, 1.165) is 37.3 Å². The van der Waals surface area contributed by atoms with Crippen molar-refractivity contribution < 1.29 is 36.5 Å². The molecule has 0 saturated carbocycles. The molecule has 1 heterocycles. The summed E-state index contributed by atoms with van der Waals surface area (Å²) in [6.45, 7) is 4.60. The largest absolute Gasteiger partial charge is 0.493 e. The van der Waals surface area contributed by atoms with Crippen molar-refractivity contribution in [3.05, 3.63) is 58.9 Å². The lowest BCUT2D eigenvalue weighted by Crippen LogP contribution is -2.27. The summed E-state index contributed by atoms with van der Waals surface area (Å²) in [7, 11) is 0. The highest BCUT2D eigenvalue weighted by Crippen LogP contribution is 2.39. The first-order valence-corrected chi connectivity index (χ1v) is 11.3. The van der Waals surface area contributed by atoms with E-state index in [1.54, 1.807) is 12.1 Å². The van der Waals surface area contributed by atoms with Gasteiger partial charge in [-0.05, 0) is 56.0 Å². The molecule has 2 aromatic rings. The van der Waals surface area contributed by atoms with Crippen LogP contribution in [0.15, 0.2) is 36.4 Å². The predicted octanol–water partition coefficient (Wildman–Crippen LogP) is 6.86. The number of rotatable bonds is 10. The minimum absolute atomic E-state index is 0.00326. The molecular weight excluding hydrogens is 440 g/mol. The highest BCUT2D eigenvalue weighted by molar-refractivity contribution is 5.41. The van der Waals surface area contributed by atoms with Crippen LogP contribution in [0.1, 0.15) is 62.1 Å². The zero-order chi connectivity index (χ0) is 23.8. The van der Waals surface area contributed by atoms with Gasteiger partial charge in [0.25, 0.3) is 0 Å². The number of alkyl halides is 3. The van der Waals surface area contributed by atoms with E-state index in [1.165, 1.54) is 13.0 Å². The lowest BCUT2D eigenvalue weighted by molar-refractivity contribution is -0.167. The summed E-state index contributed by atoms with van der Waals surface area (Å²) in [5, 5.41) is 0. The second kappa shape index (κ2) is 11.7. The second-order valence-electron chi connectivity index (χ2n) is 7.96. The first kappa shape index (κ1) is 25.3. The smallest absolute Gasteiger partial charge is 0.422 e. The molecule has 8 heteroatoms. The van der Waals surface area contributed by atoms with Crippen molar-refractivity contribution in [2.45, 2.75) is 64.5 Å². The van der Waals surface area contributed by atoms with Gasteiger partial charge in [0.05, 0.1) is 13.2 Å². The molecule has 0 spiro atoms. The van der Waals surface area contributed by atoms with Crippen LogP contribution in [0.2, 0.25) is 0 Å². The van der Waals surface area contributed by atoms with Crippen LogP contribution < -0.4 is 9.47 Å². The Morgan fingerprint density at radius 1 is 1.00 bits per heavy atom. The van der Waals surface area contributed by atoms with Crippen molar-refractivity contribution in [1.29, 1.82) is 0 Å². The molecule has 182 valence electrons. The van der Waals surface area contributed by atoms with E-state index in [9.17, 15) is 17.6 Å². The Morgan fingerprint density at radius 3 is 2.36 bits per heavy atom. The molecule has 1 saturated heterocycles. The highest BCUT2D eigenvalue weighted by atomic mass is 19.4. The third kappa shape index (κ3) is 6.84. The van der Waals surface area contributed by atoms with Crippen molar-refractivity contribution in [2.75, 3.05) is 19.8 Å². The molecular formula is C25H30F4O4. The highest BCUT2D eigenvalue weighted by Gasteiger charge is 2.39. The van der Waals surface area contributed by atoms with Gasteiger partial charge in [-0.2, -0.15) is 13.2 Å². The SMILES string of the molecule is CCCCOC1CCC(c2ccc(OCc3ccc(OCC)c(C(F)(F)F)c3F)cc2)CO1. The van der Waals surface area contributed by atoms with Crippen molar-refractivity contribution in [3.8, 4) is 11.5 Å². The van der Waals surface area contributed by atoms with Crippen molar-refractivity contribution in [1.82, 2.24) is 0 Å². The van der Waals surface area contributed by atoms with E-state index in [2.05, 4.69) is 6.92 Å². The fourth-order valence-electron chi connectivity index (χ4n) is 3.73. The monoisotopic (exact) mass is 470 g/mol. The Balaban J connectivity index is 1.58. The van der Waals surface area contributed by atoms with Gasteiger partial charge >= 0.3 is 6.18 Å². The average molecular weight is 471 g/mol. The Hall–Kier alpha value is -2.32. The molecule has 0 radical (unpaired) electrons. The Kier molecular flexibility index (Phi) is 8.97. The van der Waals surface area contributed by atoms with Crippen LogP contribution in [-0.4, -0.2) is 26.1 Å². The van der Waals surface area contributed by atoms with E-state index < -0.39 is 23.3 Å². The first-order valence-electron chi connectivity index (χ1n) is 11.3. The van der Waals surface area contributed by atoms with Crippen LogP contribution in [0.4, 0.5) is 17.6 Å². The summed E-state index contributed by atoms with van der Waals surface area (Å²) in [6.07, 6.45) is -1.16. The van der Waals surface area contributed by atoms with Gasteiger partial charge in [-0.1, -0.05) is 25.5 Å². The summed E-state index contributed by atoms with van der Waals surface area (Å²) in [6, 6.07) is 9.64. The van der Waals surface area contributed by atoms with Crippen LogP contribution in [0, 0.1) is 5.82 Å². The van der Waals surface area contributed by atoms with Crippen molar-refractivity contribution in [2.24, 2.45) is 0 Å². The summed E-state index contributed by atoms with van der Waals surface area (Å²) in [5.74, 6) is -1.22. The van der Waals surface area contributed by atoms with Gasteiger partial charge in [0.2, 0.25) is 0 Å². The molecule has 0 aromatic heterocycles. The molecule has 0 bridgehead atoms. The fraction of sp³-hybridized carbons (Fsp3) is 0.520. The summed E-state index contributed by atoms with van der Waals surface area (Å²) in [4.78, 5) is 0. The lowest BCUT2D eigenvalue weighted by atomic mass is 9.93. The normalized spacial score (nSPS) is 18.8. The quantitative estimate of drug-likeness (QED) is 0.281. The Morgan fingerprint density at radius 2 is 1.76 bits per heavy atom. The summed E-state index contributed by atoms with van der Waals surface area (Å²) < 4.78 is 76.6. The molecule has 0 N–H and O–H groups in total. The minimum Gasteiger partial charge on any atom is -0.493 e. The molecule has 3 rings (SSSR count). The molecule has 0 aliphatic carbocycles. The van der Waals surface area contributed by atoms with Crippen LogP contribution >= 0.6 is 0 Å². The van der Waals surface area contributed by atoms with E-state index in [4.69, 9.17) is 18.9 Å². The molecule has 4 nitrogen and oxygen atoms in total. The molecule has 1 aliphatic heterocycles. The number of hydrogen-bond donors (Lipinski definition) is 0. The molecule has 1 aliphatic rings. The molecule has 1 fully saturated rings. The maximum Gasteiger partial charge on any atom is 0.422 e. The molecule has 2 unspecified atom stereocenters. The first-order chi connectivity index (χ1) is 15.8. The minimum atomic E-state index is -4.87. The van der Waals surface area contributed by atoms with Gasteiger partial charge in [0, 0.05) is 18.1 Å². The standard InChI is InChI=1S/C25H30F4O4/c1-3-5-14-31-22-13-9-18(15-33-22)17-6-10-20(11-7-17)32-16-19-8-12-21(30-4-2)23(24(19)26)25(27,28)29/h6-8,10-12,18,22H,3-5,9,13-16H2,1-2H3. The molecule has 2 aromatic carbocycles. The van der Waals surface area contributed by atoms with Crippen LogP contribution in [-0.2, 0) is 22.3 Å².